The number of carbonyl (C=O) groups excluding carboxylic acids is 1. The first kappa shape index (κ1) is 20.9. The molecule has 1 aliphatic rings. The van der Waals surface area contributed by atoms with Crippen LogP contribution in [0.5, 0.6) is 0 Å². The number of fused-ring (bicyclic) bond motifs is 1. The van der Waals surface area contributed by atoms with Gasteiger partial charge in [0.2, 0.25) is 10.0 Å². The van der Waals surface area contributed by atoms with Gasteiger partial charge >= 0.3 is 0 Å². The number of hydrogen-bond acceptors (Lipinski definition) is 6. The summed E-state index contributed by atoms with van der Waals surface area (Å²) >= 11 is 1.23. The van der Waals surface area contributed by atoms with Gasteiger partial charge in [-0.3, -0.25) is 4.79 Å². The minimum atomic E-state index is -4.07. The zero-order chi connectivity index (χ0) is 21.5. The normalized spacial score (nSPS) is 17.9. The molecule has 0 radical (unpaired) electrons. The van der Waals surface area contributed by atoms with Crippen LogP contribution >= 0.6 is 11.3 Å². The third kappa shape index (κ3) is 3.60. The SMILES string of the molecule is CNC(=O)c1sc2ncccc2c1[C@H]1CN(S(=O)(=O)c2cc(C)ccc2F)CCO1. The third-order valence-corrected chi connectivity index (χ3v) is 8.00. The van der Waals surface area contributed by atoms with Crippen LogP contribution in [0.1, 0.15) is 26.9 Å². The van der Waals surface area contributed by atoms with Gasteiger partial charge < -0.3 is 10.1 Å². The molecule has 2 aromatic heterocycles. The molecule has 158 valence electrons. The number of nitrogens with one attached hydrogen (secondary N) is 1. The Morgan fingerprint density at radius 3 is 2.93 bits per heavy atom. The van der Waals surface area contributed by atoms with Gasteiger partial charge in [-0.05, 0) is 30.7 Å². The van der Waals surface area contributed by atoms with Crippen molar-refractivity contribution in [1.82, 2.24) is 14.6 Å². The molecule has 0 bridgehead atoms. The van der Waals surface area contributed by atoms with Gasteiger partial charge in [0.15, 0.2) is 0 Å². The molecule has 0 spiro atoms. The van der Waals surface area contributed by atoms with Gasteiger partial charge in [-0.15, -0.1) is 11.3 Å². The maximum absolute atomic E-state index is 14.3. The van der Waals surface area contributed by atoms with Crippen LogP contribution in [-0.4, -0.2) is 50.4 Å². The smallest absolute Gasteiger partial charge is 0.261 e. The highest BCUT2D eigenvalue weighted by Gasteiger charge is 2.36. The molecule has 1 aromatic carbocycles. The number of carbonyl (C=O) groups is 1. The molecule has 7 nitrogen and oxygen atoms in total. The lowest BCUT2D eigenvalue weighted by Crippen LogP contribution is -2.42. The summed E-state index contributed by atoms with van der Waals surface area (Å²) in [5.74, 6) is -1.08. The lowest BCUT2D eigenvalue weighted by atomic mass is 10.0. The van der Waals surface area contributed by atoms with E-state index in [0.29, 0.717) is 20.8 Å². The Balaban J connectivity index is 1.75. The predicted octanol–water partition coefficient (Wildman–Crippen LogP) is 2.87. The summed E-state index contributed by atoms with van der Waals surface area (Å²) < 4.78 is 47.7. The monoisotopic (exact) mass is 449 g/mol. The summed E-state index contributed by atoms with van der Waals surface area (Å²) in [6.45, 7) is 1.91. The van der Waals surface area contributed by atoms with E-state index in [1.807, 2.05) is 6.07 Å². The number of rotatable bonds is 4. The van der Waals surface area contributed by atoms with Crippen molar-refractivity contribution >= 4 is 37.5 Å². The number of aryl methyl sites for hydroxylation is 1. The molecule has 4 rings (SSSR count). The van der Waals surface area contributed by atoms with Gasteiger partial charge in [-0.2, -0.15) is 4.31 Å². The van der Waals surface area contributed by atoms with E-state index in [0.717, 1.165) is 11.5 Å². The number of pyridine rings is 1. The quantitative estimate of drug-likeness (QED) is 0.662. The maximum atomic E-state index is 14.3. The van der Waals surface area contributed by atoms with Gasteiger partial charge in [0.25, 0.3) is 5.91 Å². The average molecular weight is 450 g/mol. The summed E-state index contributed by atoms with van der Waals surface area (Å²) in [5, 5.41) is 3.35. The van der Waals surface area contributed by atoms with Crippen molar-refractivity contribution in [3.05, 3.63) is 58.3 Å². The molecule has 10 heteroatoms. The van der Waals surface area contributed by atoms with E-state index < -0.39 is 21.9 Å². The number of sulfonamides is 1. The number of benzene rings is 1. The first-order chi connectivity index (χ1) is 14.3. The lowest BCUT2D eigenvalue weighted by molar-refractivity contribution is -0.00197. The van der Waals surface area contributed by atoms with E-state index in [1.165, 1.54) is 34.8 Å². The fourth-order valence-corrected chi connectivity index (χ4v) is 6.23. The number of thiophene rings is 1. The molecule has 1 aliphatic heterocycles. The summed E-state index contributed by atoms with van der Waals surface area (Å²) in [6.07, 6.45) is 0.960. The summed E-state index contributed by atoms with van der Waals surface area (Å²) in [4.78, 5) is 17.5. The molecule has 1 fully saturated rings. The number of amides is 1. The largest absolute Gasteiger partial charge is 0.371 e. The third-order valence-electron chi connectivity index (χ3n) is 4.99. The molecule has 0 aliphatic carbocycles. The Morgan fingerprint density at radius 1 is 1.37 bits per heavy atom. The van der Waals surface area contributed by atoms with Crippen molar-refractivity contribution in [3.8, 4) is 0 Å². The number of aromatic nitrogens is 1. The zero-order valence-corrected chi connectivity index (χ0v) is 18.0. The summed E-state index contributed by atoms with van der Waals surface area (Å²) in [5.41, 5.74) is 1.25. The Hall–Kier alpha value is -2.40. The number of nitrogens with zero attached hydrogens (tertiary/aromatic N) is 2. The van der Waals surface area contributed by atoms with E-state index in [4.69, 9.17) is 4.74 Å². The van der Waals surface area contributed by atoms with Gasteiger partial charge in [0, 0.05) is 37.3 Å². The molecule has 1 atom stereocenters. The second-order valence-electron chi connectivity index (χ2n) is 6.94. The molecular formula is C20H20FN3O4S2. The first-order valence-corrected chi connectivity index (χ1v) is 11.6. The van der Waals surface area contributed by atoms with Crippen LogP contribution in [0, 0.1) is 12.7 Å². The molecule has 0 saturated carbocycles. The highest BCUT2D eigenvalue weighted by Crippen LogP contribution is 2.38. The Kier molecular flexibility index (Phi) is 5.58. The summed E-state index contributed by atoms with van der Waals surface area (Å²) in [6, 6.07) is 7.59. The second-order valence-corrected chi connectivity index (χ2v) is 9.84. The first-order valence-electron chi connectivity index (χ1n) is 9.30. The van der Waals surface area contributed by atoms with Crippen molar-refractivity contribution in [2.45, 2.75) is 17.9 Å². The molecule has 0 unspecified atom stereocenters. The van der Waals surface area contributed by atoms with Crippen molar-refractivity contribution in [2.24, 2.45) is 0 Å². The van der Waals surface area contributed by atoms with E-state index in [2.05, 4.69) is 10.3 Å². The second kappa shape index (κ2) is 8.03. The van der Waals surface area contributed by atoms with Gasteiger partial charge in [0.1, 0.15) is 20.4 Å². The van der Waals surface area contributed by atoms with Gasteiger partial charge in [0.05, 0.1) is 12.7 Å². The van der Waals surface area contributed by atoms with E-state index in [9.17, 15) is 17.6 Å². The minimum Gasteiger partial charge on any atom is -0.371 e. The van der Waals surface area contributed by atoms with Crippen LogP contribution < -0.4 is 5.32 Å². The van der Waals surface area contributed by atoms with Crippen LogP contribution in [-0.2, 0) is 14.8 Å². The minimum absolute atomic E-state index is 0.0273. The molecule has 1 saturated heterocycles. The van der Waals surface area contributed by atoms with E-state index in [-0.39, 0.29) is 30.5 Å². The zero-order valence-electron chi connectivity index (χ0n) is 16.4. The lowest BCUT2D eigenvalue weighted by Gasteiger charge is -2.32. The Bertz CT molecular complexity index is 1230. The highest BCUT2D eigenvalue weighted by molar-refractivity contribution is 7.89. The molecule has 3 aromatic rings. The average Bonchev–Trinajstić information content (AvgIpc) is 3.14. The molecule has 1 N–H and O–H groups in total. The standard InChI is InChI=1S/C20H20FN3O4S2/c1-12-5-6-14(21)16(10-12)30(26,27)24-8-9-28-15(11-24)17-13-4-3-7-23-20(13)29-18(17)19(25)22-2/h3-7,10,15H,8-9,11H2,1-2H3,(H,22,25)/t15-/m1/s1. The van der Waals surface area contributed by atoms with E-state index in [1.54, 1.807) is 19.2 Å². The fraction of sp³-hybridized carbons (Fsp3) is 0.300. The predicted molar refractivity (Wildman–Crippen MR) is 112 cm³/mol. The van der Waals surface area contributed by atoms with Crippen molar-refractivity contribution in [3.63, 3.8) is 0 Å². The van der Waals surface area contributed by atoms with Crippen LogP contribution in [0.3, 0.4) is 0 Å². The number of halogens is 1. The molecule has 3 heterocycles. The molecule has 30 heavy (non-hydrogen) atoms. The number of morpholine rings is 1. The molecular weight excluding hydrogens is 429 g/mol. The van der Waals surface area contributed by atoms with Crippen LogP contribution in [0.2, 0.25) is 0 Å². The van der Waals surface area contributed by atoms with Crippen LogP contribution in [0.15, 0.2) is 41.4 Å². The number of ether oxygens (including phenoxy) is 1. The van der Waals surface area contributed by atoms with Gasteiger partial charge in [-0.25, -0.2) is 17.8 Å². The molecule has 1 amide bonds. The van der Waals surface area contributed by atoms with Gasteiger partial charge in [-0.1, -0.05) is 12.1 Å². The summed E-state index contributed by atoms with van der Waals surface area (Å²) in [7, 11) is -2.53. The van der Waals surface area contributed by atoms with Crippen molar-refractivity contribution < 1.29 is 22.3 Å². The highest BCUT2D eigenvalue weighted by atomic mass is 32.2. The topological polar surface area (TPSA) is 88.6 Å². The fourth-order valence-electron chi connectivity index (χ4n) is 3.52. The Morgan fingerprint density at radius 2 is 2.17 bits per heavy atom. The van der Waals surface area contributed by atoms with Crippen LogP contribution in [0.25, 0.3) is 10.2 Å². The van der Waals surface area contributed by atoms with Crippen molar-refractivity contribution in [1.29, 1.82) is 0 Å². The van der Waals surface area contributed by atoms with Crippen LogP contribution in [0.4, 0.5) is 4.39 Å². The Labute approximate surface area is 177 Å². The number of hydrogen-bond donors (Lipinski definition) is 1. The van der Waals surface area contributed by atoms with Crippen molar-refractivity contribution in [2.75, 3.05) is 26.7 Å². The maximum Gasteiger partial charge on any atom is 0.261 e. The van der Waals surface area contributed by atoms with E-state index >= 15 is 0 Å².